The first-order valence-electron chi connectivity index (χ1n) is 7.90. The summed E-state index contributed by atoms with van der Waals surface area (Å²) in [7, 11) is 1.65. The van der Waals surface area contributed by atoms with E-state index in [0.29, 0.717) is 10.8 Å². The minimum Gasteiger partial charge on any atom is -0.387 e. The minimum atomic E-state index is -0.532. The average molecular weight is 447 g/mol. The molecule has 0 radical (unpaired) electrons. The lowest BCUT2D eigenvalue weighted by atomic mass is 10.1. The molecule has 3 rings (SSSR count). The predicted octanol–water partition coefficient (Wildman–Crippen LogP) is 5.08. The summed E-state index contributed by atoms with van der Waals surface area (Å²) in [6.45, 7) is 1.93. The summed E-state index contributed by atoms with van der Waals surface area (Å²) in [5, 5.41) is 17.0. The van der Waals surface area contributed by atoms with Gasteiger partial charge in [-0.2, -0.15) is 0 Å². The SMILES string of the molecule is CNc1ccc([N+](=O)[O-])cc1C(=O)Nc1nc(-c2ccc(Br)cc2)c(C)s1. The summed E-state index contributed by atoms with van der Waals surface area (Å²) in [5.74, 6) is -0.459. The maximum atomic E-state index is 12.7. The highest BCUT2D eigenvalue weighted by atomic mass is 79.9. The van der Waals surface area contributed by atoms with E-state index in [1.54, 1.807) is 7.05 Å². The van der Waals surface area contributed by atoms with Gasteiger partial charge in [-0.3, -0.25) is 20.2 Å². The van der Waals surface area contributed by atoms with Crippen LogP contribution in [0.3, 0.4) is 0 Å². The van der Waals surface area contributed by atoms with Gasteiger partial charge in [0.25, 0.3) is 11.6 Å². The number of halogens is 1. The Kier molecular flexibility index (Phi) is 5.52. The molecular formula is C18H15BrN4O3S. The molecule has 1 heterocycles. The second kappa shape index (κ2) is 7.85. The molecule has 0 atom stereocenters. The van der Waals surface area contributed by atoms with Gasteiger partial charge in [0.15, 0.2) is 5.13 Å². The molecule has 9 heteroatoms. The average Bonchev–Trinajstić information content (AvgIpc) is 3.01. The van der Waals surface area contributed by atoms with Crippen LogP contribution in [0.15, 0.2) is 46.9 Å². The normalized spacial score (nSPS) is 10.5. The van der Waals surface area contributed by atoms with Crippen molar-refractivity contribution >= 4 is 49.7 Å². The number of benzene rings is 2. The Morgan fingerprint density at radius 2 is 1.93 bits per heavy atom. The van der Waals surface area contributed by atoms with Gasteiger partial charge in [0, 0.05) is 39.8 Å². The van der Waals surface area contributed by atoms with Gasteiger partial charge >= 0.3 is 0 Å². The van der Waals surface area contributed by atoms with Gasteiger partial charge in [0.05, 0.1) is 16.2 Å². The minimum absolute atomic E-state index is 0.148. The summed E-state index contributed by atoms with van der Waals surface area (Å²) in [5.41, 5.74) is 2.27. The molecule has 0 saturated carbocycles. The number of carbonyl (C=O) groups is 1. The first-order valence-corrected chi connectivity index (χ1v) is 9.51. The summed E-state index contributed by atoms with van der Waals surface area (Å²) >= 11 is 4.75. The molecule has 1 amide bonds. The Balaban J connectivity index is 1.89. The topological polar surface area (TPSA) is 97.2 Å². The zero-order chi connectivity index (χ0) is 19.6. The highest BCUT2D eigenvalue weighted by Crippen LogP contribution is 2.32. The number of non-ortho nitro benzene ring substituents is 1. The van der Waals surface area contributed by atoms with Crippen LogP contribution in [0.2, 0.25) is 0 Å². The number of nitrogens with one attached hydrogen (secondary N) is 2. The lowest BCUT2D eigenvalue weighted by molar-refractivity contribution is -0.384. The standard InChI is InChI=1S/C18H15BrN4O3S/c1-10-16(11-3-5-12(19)6-4-11)21-18(27-10)22-17(24)14-9-13(23(25)26)7-8-15(14)20-2/h3-9,20H,1-2H3,(H,21,22,24). The molecule has 0 spiro atoms. The van der Waals surface area contributed by atoms with E-state index in [-0.39, 0.29) is 11.3 Å². The van der Waals surface area contributed by atoms with E-state index in [1.807, 2.05) is 31.2 Å². The lowest BCUT2D eigenvalue weighted by Gasteiger charge is -2.08. The summed E-state index contributed by atoms with van der Waals surface area (Å²) in [6.07, 6.45) is 0. The zero-order valence-corrected chi connectivity index (χ0v) is 16.8. The van der Waals surface area contributed by atoms with Crippen molar-refractivity contribution in [1.82, 2.24) is 4.98 Å². The first kappa shape index (κ1) is 19.0. The second-order valence-electron chi connectivity index (χ2n) is 5.62. The highest BCUT2D eigenvalue weighted by Gasteiger charge is 2.18. The van der Waals surface area contributed by atoms with Crippen LogP contribution >= 0.6 is 27.3 Å². The molecule has 0 aliphatic rings. The lowest BCUT2D eigenvalue weighted by Crippen LogP contribution is -2.14. The monoisotopic (exact) mass is 446 g/mol. The maximum Gasteiger partial charge on any atom is 0.270 e. The summed E-state index contributed by atoms with van der Waals surface area (Å²) < 4.78 is 0.970. The Labute approximate surface area is 167 Å². The van der Waals surface area contributed by atoms with Crippen molar-refractivity contribution in [2.24, 2.45) is 0 Å². The number of hydrogen-bond donors (Lipinski definition) is 2. The number of aryl methyl sites for hydroxylation is 1. The molecule has 0 aliphatic carbocycles. The van der Waals surface area contributed by atoms with E-state index in [1.165, 1.54) is 29.5 Å². The van der Waals surface area contributed by atoms with Gasteiger partial charge in [0.2, 0.25) is 0 Å². The number of rotatable bonds is 5. The number of amides is 1. The largest absolute Gasteiger partial charge is 0.387 e. The molecule has 7 nitrogen and oxygen atoms in total. The number of nitrogens with zero attached hydrogens (tertiary/aromatic N) is 2. The van der Waals surface area contributed by atoms with Crippen LogP contribution < -0.4 is 10.6 Å². The molecule has 2 N–H and O–H groups in total. The molecule has 0 fully saturated rings. The van der Waals surface area contributed by atoms with Crippen LogP contribution in [-0.2, 0) is 0 Å². The Hall–Kier alpha value is -2.78. The van der Waals surface area contributed by atoms with Crippen molar-refractivity contribution in [3.8, 4) is 11.3 Å². The molecule has 0 unspecified atom stereocenters. The third-order valence-electron chi connectivity index (χ3n) is 3.86. The van der Waals surface area contributed by atoms with E-state index in [4.69, 9.17) is 0 Å². The molecule has 0 saturated heterocycles. The highest BCUT2D eigenvalue weighted by molar-refractivity contribution is 9.10. The van der Waals surface area contributed by atoms with Crippen molar-refractivity contribution in [2.75, 3.05) is 17.7 Å². The molecule has 138 valence electrons. The van der Waals surface area contributed by atoms with E-state index in [9.17, 15) is 14.9 Å². The van der Waals surface area contributed by atoms with Crippen molar-refractivity contribution in [2.45, 2.75) is 6.92 Å². The molecule has 1 aromatic heterocycles. The quantitative estimate of drug-likeness (QED) is 0.420. The van der Waals surface area contributed by atoms with Gasteiger partial charge in [-0.05, 0) is 25.1 Å². The van der Waals surface area contributed by atoms with Gasteiger partial charge < -0.3 is 5.32 Å². The van der Waals surface area contributed by atoms with Crippen LogP contribution in [-0.4, -0.2) is 22.9 Å². The number of anilines is 2. The molecule has 3 aromatic rings. The number of nitro groups is 1. The first-order chi connectivity index (χ1) is 12.9. The maximum absolute atomic E-state index is 12.7. The third-order valence-corrected chi connectivity index (χ3v) is 5.28. The third kappa shape index (κ3) is 4.15. The number of thiazole rings is 1. The number of nitro benzene ring substituents is 1. The Bertz CT molecular complexity index is 1020. The van der Waals surface area contributed by atoms with Crippen LogP contribution in [0.1, 0.15) is 15.2 Å². The smallest absolute Gasteiger partial charge is 0.270 e. The van der Waals surface area contributed by atoms with Crippen LogP contribution in [0.25, 0.3) is 11.3 Å². The fourth-order valence-electron chi connectivity index (χ4n) is 2.54. The van der Waals surface area contributed by atoms with E-state index in [0.717, 1.165) is 20.6 Å². The van der Waals surface area contributed by atoms with Crippen LogP contribution in [0.4, 0.5) is 16.5 Å². The van der Waals surface area contributed by atoms with Gasteiger partial charge in [0.1, 0.15) is 0 Å². The van der Waals surface area contributed by atoms with Crippen molar-refractivity contribution in [1.29, 1.82) is 0 Å². The van der Waals surface area contributed by atoms with Crippen molar-refractivity contribution in [3.63, 3.8) is 0 Å². The van der Waals surface area contributed by atoms with Crippen LogP contribution in [0.5, 0.6) is 0 Å². The predicted molar refractivity (Wildman–Crippen MR) is 111 cm³/mol. The number of hydrogen-bond acceptors (Lipinski definition) is 6. The Morgan fingerprint density at radius 3 is 2.56 bits per heavy atom. The van der Waals surface area contributed by atoms with E-state index >= 15 is 0 Å². The molecule has 0 aliphatic heterocycles. The molecular weight excluding hydrogens is 432 g/mol. The number of carbonyl (C=O) groups excluding carboxylic acids is 1. The molecule has 0 bridgehead atoms. The van der Waals surface area contributed by atoms with E-state index < -0.39 is 10.8 Å². The fourth-order valence-corrected chi connectivity index (χ4v) is 3.64. The summed E-state index contributed by atoms with van der Waals surface area (Å²) in [6, 6.07) is 11.8. The molecule has 27 heavy (non-hydrogen) atoms. The Morgan fingerprint density at radius 1 is 1.22 bits per heavy atom. The van der Waals surface area contributed by atoms with Gasteiger partial charge in [-0.25, -0.2) is 4.98 Å². The van der Waals surface area contributed by atoms with E-state index in [2.05, 4.69) is 31.5 Å². The fraction of sp³-hybridized carbons (Fsp3) is 0.111. The van der Waals surface area contributed by atoms with Gasteiger partial charge in [-0.1, -0.05) is 28.1 Å². The second-order valence-corrected chi connectivity index (χ2v) is 7.74. The van der Waals surface area contributed by atoms with Crippen molar-refractivity contribution in [3.05, 3.63) is 67.5 Å². The zero-order valence-electron chi connectivity index (χ0n) is 14.4. The summed E-state index contributed by atoms with van der Waals surface area (Å²) in [4.78, 5) is 28.6. The molecule has 2 aromatic carbocycles. The van der Waals surface area contributed by atoms with Gasteiger partial charge in [-0.15, -0.1) is 11.3 Å². The van der Waals surface area contributed by atoms with Crippen LogP contribution in [0, 0.1) is 17.0 Å². The number of aromatic nitrogens is 1. The van der Waals surface area contributed by atoms with Crippen molar-refractivity contribution < 1.29 is 9.72 Å².